The van der Waals surface area contributed by atoms with Crippen LogP contribution in [0.25, 0.3) is 0 Å². The SMILES string of the molecule is CNC(CC[C@](C)(N)C(C)(C)O)(COC(C)c1cc(C(F)(F)F)cc(C(F)(F)F)c1)c1ccccc1. The van der Waals surface area contributed by atoms with Crippen molar-refractivity contribution in [1.29, 1.82) is 0 Å². The summed E-state index contributed by atoms with van der Waals surface area (Å²) in [6.07, 6.45) is -10.3. The third kappa shape index (κ3) is 7.21. The molecule has 0 saturated heterocycles. The summed E-state index contributed by atoms with van der Waals surface area (Å²) < 4.78 is 85.8. The van der Waals surface area contributed by atoms with Gasteiger partial charge in [-0.25, -0.2) is 0 Å². The second-order valence-corrected chi connectivity index (χ2v) is 9.97. The molecule has 2 rings (SSSR count). The summed E-state index contributed by atoms with van der Waals surface area (Å²) in [6, 6.07) is 10.6. The molecule has 0 saturated carbocycles. The zero-order valence-corrected chi connectivity index (χ0v) is 21.0. The van der Waals surface area contributed by atoms with E-state index in [1.807, 2.05) is 30.3 Å². The van der Waals surface area contributed by atoms with Gasteiger partial charge < -0.3 is 20.9 Å². The molecule has 2 unspecified atom stereocenters. The van der Waals surface area contributed by atoms with Gasteiger partial charge in [0.05, 0.1) is 35.0 Å². The summed E-state index contributed by atoms with van der Waals surface area (Å²) in [6.45, 7) is 6.24. The fourth-order valence-electron chi connectivity index (χ4n) is 3.75. The average Bonchev–Trinajstić information content (AvgIpc) is 2.77. The Morgan fingerprint density at radius 1 is 0.861 bits per heavy atom. The maximum Gasteiger partial charge on any atom is 0.416 e. The Bertz CT molecular complexity index is 968. The molecule has 0 aliphatic rings. The minimum Gasteiger partial charge on any atom is -0.389 e. The minimum absolute atomic E-state index is 0.0752. The third-order valence-electron chi connectivity index (χ3n) is 6.93. The van der Waals surface area contributed by atoms with E-state index in [4.69, 9.17) is 10.5 Å². The molecular formula is C26H34F6N2O2. The van der Waals surface area contributed by atoms with Crippen LogP contribution >= 0.6 is 0 Å². The molecule has 10 heteroatoms. The molecule has 3 atom stereocenters. The van der Waals surface area contributed by atoms with E-state index in [1.54, 1.807) is 27.8 Å². The van der Waals surface area contributed by atoms with Gasteiger partial charge in [-0.1, -0.05) is 30.3 Å². The highest BCUT2D eigenvalue weighted by atomic mass is 19.4. The standard InChI is InChI=1S/C26H34F6N2O2/c1-17(18-13-20(25(27,28)29)15-21(14-18)26(30,31)32)36-16-24(34-5,19-9-7-6-8-10-19)12-11-23(4,33)22(2,3)35/h6-10,13-15,17,34-35H,11-12,16,33H2,1-5H3/t17?,23-,24?/m0/s1. The molecule has 0 spiro atoms. The lowest BCUT2D eigenvalue weighted by Crippen LogP contribution is -2.56. The van der Waals surface area contributed by atoms with Gasteiger partial charge in [-0.2, -0.15) is 26.3 Å². The van der Waals surface area contributed by atoms with Crippen molar-refractivity contribution in [3.05, 3.63) is 70.8 Å². The normalized spacial score (nSPS) is 17.4. The lowest BCUT2D eigenvalue weighted by Gasteiger charge is -2.42. The number of ether oxygens (including phenoxy) is 1. The number of aliphatic hydroxyl groups is 1. The number of alkyl halides is 6. The molecule has 0 aliphatic heterocycles. The summed E-state index contributed by atoms with van der Waals surface area (Å²) in [5, 5.41) is 13.7. The first-order valence-electron chi connectivity index (χ1n) is 11.5. The Morgan fingerprint density at radius 3 is 1.78 bits per heavy atom. The average molecular weight is 521 g/mol. The number of halogens is 6. The van der Waals surface area contributed by atoms with Gasteiger partial charge >= 0.3 is 12.4 Å². The van der Waals surface area contributed by atoms with Crippen LogP contribution in [0.4, 0.5) is 26.3 Å². The van der Waals surface area contributed by atoms with Crippen LogP contribution in [-0.4, -0.2) is 29.9 Å². The van der Waals surface area contributed by atoms with Crippen molar-refractivity contribution < 1.29 is 36.2 Å². The summed E-state index contributed by atoms with van der Waals surface area (Å²) in [5.74, 6) is 0. The van der Waals surface area contributed by atoms with E-state index in [0.29, 0.717) is 25.0 Å². The van der Waals surface area contributed by atoms with Crippen LogP contribution in [0.15, 0.2) is 48.5 Å². The molecule has 0 bridgehead atoms. The maximum atomic E-state index is 13.3. The monoisotopic (exact) mass is 520 g/mol. The van der Waals surface area contributed by atoms with E-state index < -0.39 is 46.3 Å². The lowest BCUT2D eigenvalue weighted by atomic mass is 9.76. The molecular weight excluding hydrogens is 486 g/mol. The molecule has 2 aromatic rings. The minimum atomic E-state index is -4.95. The van der Waals surface area contributed by atoms with Gasteiger partial charge in [0.25, 0.3) is 0 Å². The van der Waals surface area contributed by atoms with E-state index in [0.717, 1.165) is 5.56 Å². The number of hydrogen-bond donors (Lipinski definition) is 3. The highest BCUT2D eigenvalue weighted by Gasteiger charge is 2.41. The van der Waals surface area contributed by atoms with Crippen LogP contribution in [0.5, 0.6) is 0 Å². The van der Waals surface area contributed by atoms with E-state index in [9.17, 15) is 31.4 Å². The number of nitrogens with one attached hydrogen (secondary N) is 1. The second kappa shape index (κ2) is 10.7. The quantitative estimate of drug-likeness (QED) is 0.327. The largest absolute Gasteiger partial charge is 0.416 e. The highest BCUT2D eigenvalue weighted by molar-refractivity contribution is 5.35. The molecule has 36 heavy (non-hydrogen) atoms. The van der Waals surface area contributed by atoms with Crippen molar-refractivity contribution >= 4 is 0 Å². The Balaban J connectivity index is 2.40. The Labute approximate surface area is 207 Å². The van der Waals surface area contributed by atoms with Gasteiger partial charge in [-0.3, -0.25) is 0 Å². The van der Waals surface area contributed by atoms with Crippen molar-refractivity contribution in [1.82, 2.24) is 5.32 Å². The Kier molecular flexibility index (Phi) is 8.93. The van der Waals surface area contributed by atoms with Gasteiger partial charge in [0, 0.05) is 5.54 Å². The fourth-order valence-corrected chi connectivity index (χ4v) is 3.75. The lowest BCUT2D eigenvalue weighted by molar-refractivity contribution is -0.143. The van der Waals surface area contributed by atoms with E-state index in [1.165, 1.54) is 6.92 Å². The van der Waals surface area contributed by atoms with Crippen molar-refractivity contribution in [2.75, 3.05) is 13.7 Å². The van der Waals surface area contributed by atoms with Crippen molar-refractivity contribution in [3.8, 4) is 0 Å². The third-order valence-corrected chi connectivity index (χ3v) is 6.93. The van der Waals surface area contributed by atoms with Crippen molar-refractivity contribution in [2.45, 2.75) is 75.7 Å². The number of likely N-dealkylation sites (N-methyl/N-ethyl adjacent to an activating group) is 1. The molecule has 202 valence electrons. The predicted molar refractivity (Wildman–Crippen MR) is 126 cm³/mol. The molecule has 0 aromatic heterocycles. The van der Waals surface area contributed by atoms with Crippen LogP contribution in [0.3, 0.4) is 0 Å². The Hall–Kier alpha value is -2.14. The van der Waals surface area contributed by atoms with Gasteiger partial charge in [0.2, 0.25) is 0 Å². The highest BCUT2D eigenvalue weighted by Crippen LogP contribution is 2.39. The topological polar surface area (TPSA) is 67.5 Å². The number of benzene rings is 2. The first-order chi connectivity index (χ1) is 16.3. The Morgan fingerprint density at radius 2 is 1.36 bits per heavy atom. The number of hydrogen-bond acceptors (Lipinski definition) is 4. The molecule has 4 N–H and O–H groups in total. The number of rotatable bonds is 10. The smallest absolute Gasteiger partial charge is 0.389 e. The van der Waals surface area contributed by atoms with Crippen molar-refractivity contribution in [2.24, 2.45) is 5.73 Å². The van der Waals surface area contributed by atoms with Gasteiger partial charge in [0.1, 0.15) is 0 Å². The second-order valence-electron chi connectivity index (χ2n) is 9.97. The molecule has 0 heterocycles. The molecule has 4 nitrogen and oxygen atoms in total. The predicted octanol–water partition coefficient (Wildman–Crippen LogP) is 6.19. The fraction of sp³-hybridized carbons (Fsp3) is 0.538. The first-order valence-corrected chi connectivity index (χ1v) is 11.5. The maximum absolute atomic E-state index is 13.3. The van der Waals surface area contributed by atoms with E-state index in [2.05, 4.69) is 5.32 Å². The molecule has 2 aromatic carbocycles. The summed E-state index contributed by atoms with van der Waals surface area (Å²) >= 11 is 0. The molecule has 0 fully saturated rings. The van der Waals surface area contributed by atoms with E-state index >= 15 is 0 Å². The van der Waals surface area contributed by atoms with Gasteiger partial charge in [-0.05, 0) is 76.9 Å². The first kappa shape index (κ1) is 30.1. The van der Waals surface area contributed by atoms with Crippen molar-refractivity contribution in [3.63, 3.8) is 0 Å². The summed E-state index contributed by atoms with van der Waals surface area (Å²) in [4.78, 5) is 0. The van der Waals surface area contributed by atoms with Crippen LogP contribution in [0, 0.1) is 0 Å². The summed E-state index contributed by atoms with van der Waals surface area (Å²) in [7, 11) is 1.69. The molecule has 0 aliphatic carbocycles. The molecule has 0 radical (unpaired) electrons. The zero-order valence-electron chi connectivity index (χ0n) is 21.0. The number of nitrogens with two attached hydrogens (primary N) is 1. The van der Waals surface area contributed by atoms with Crippen LogP contribution in [0.2, 0.25) is 0 Å². The van der Waals surface area contributed by atoms with Crippen LogP contribution in [-0.2, 0) is 22.6 Å². The van der Waals surface area contributed by atoms with E-state index in [-0.39, 0.29) is 18.2 Å². The van der Waals surface area contributed by atoms with Gasteiger partial charge in [0.15, 0.2) is 0 Å². The van der Waals surface area contributed by atoms with Gasteiger partial charge in [-0.15, -0.1) is 0 Å². The summed E-state index contributed by atoms with van der Waals surface area (Å²) in [5.41, 5.74) is 1.06. The zero-order chi connectivity index (χ0) is 27.6. The molecule has 0 amide bonds. The van der Waals surface area contributed by atoms with Crippen LogP contribution < -0.4 is 11.1 Å². The van der Waals surface area contributed by atoms with Crippen LogP contribution in [0.1, 0.15) is 68.9 Å².